The number of hydrogen-bond donors (Lipinski definition) is 2. The van der Waals surface area contributed by atoms with Crippen LogP contribution in [0.1, 0.15) is 108 Å². The molecule has 4 aliphatic rings. The van der Waals surface area contributed by atoms with Crippen molar-refractivity contribution in [1.29, 1.82) is 0 Å². The lowest BCUT2D eigenvalue weighted by molar-refractivity contribution is -0.134. The molecule has 0 bridgehead atoms. The van der Waals surface area contributed by atoms with Crippen molar-refractivity contribution in [3.05, 3.63) is 99.0 Å². The van der Waals surface area contributed by atoms with Crippen molar-refractivity contribution in [1.82, 2.24) is 19.7 Å². The minimum absolute atomic E-state index is 0.0277. The predicted molar refractivity (Wildman–Crippen MR) is 195 cm³/mol. The lowest BCUT2D eigenvalue weighted by Crippen LogP contribution is -2.44. The molecule has 50 heavy (non-hydrogen) atoms. The number of carbonyl (C=O) groups excluding carboxylic acids is 3. The summed E-state index contributed by atoms with van der Waals surface area (Å²) in [5.41, 5.74) is 6.36. The molecule has 1 aliphatic carbocycles. The minimum Gasteiger partial charge on any atom is -0.381 e. The number of hydrogen-bond acceptors (Lipinski definition) is 6. The summed E-state index contributed by atoms with van der Waals surface area (Å²) in [6, 6.07) is 19.1. The van der Waals surface area contributed by atoms with Crippen molar-refractivity contribution < 1.29 is 14.4 Å². The van der Waals surface area contributed by atoms with Crippen molar-refractivity contribution in [2.75, 3.05) is 38.5 Å². The van der Waals surface area contributed by atoms with E-state index in [9.17, 15) is 19.2 Å². The number of pyridine rings is 1. The molecule has 3 aromatic rings. The number of amides is 3. The van der Waals surface area contributed by atoms with E-state index in [0.717, 1.165) is 80.7 Å². The average Bonchev–Trinajstić information content (AvgIpc) is 3.12. The Morgan fingerprint density at radius 2 is 1.44 bits per heavy atom. The zero-order valence-electron chi connectivity index (χ0n) is 29.7. The molecule has 1 saturated carbocycles. The summed E-state index contributed by atoms with van der Waals surface area (Å²) in [7, 11) is 3.93. The number of aryl methyl sites for hydroxylation is 1. The van der Waals surface area contributed by atoms with E-state index in [1.54, 1.807) is 11.6 Å². The Kier molecular flexibility index (Phi) is 9.70. The summed E-state index contributed by atoms with van der Waals surface area (Å²) in [4.78, 5) is 54.3. The highest BCUT2D eigenvalue weighted by atomic mass is 16.2. The zero-order valence-corrected chi connectivity index (χ0v) is 29.7. The van der Waals surface area contributed by atoms with E-state index in [2.05, 4.69) is 63.9 Å². The summed E-state index contributed by atoms with van der Waals surface area (Å²) in [6.45, 7) is 5.39. The first-order valence-corrected chi connectivity index (χ1v) is 18.5. The number of piperidine rings is 3. The van der Waals surface area contributed by atoms with Crippen molar-refractivity contribution in [3.8, 4) is 0 Å². The van der Waals surface area contributed by atoms with Gasteiger partial charge in [0.1, 0.15) is 0 Å². The number of nitrogens with zero attached hydrogens (tertiary/aromatic N) is 3. The highest BCUT2D eigenvalue weighted by Crippen LogP contribution is 2.49. The zero-order chi connectivity index (χ0) is 35.0. The van der Waals surface area contributed by atoms with Gasteiger partial charge in [0.25, 0.3) is 11.5 Å². The van der Waals surface area contributed by atoms with Gasteiger partial charge in [-0.05, 0) is 117 Å². The van der Waals surface area contributed by atoms with E-state index in [4.69, 9.17) is 0 Å². The standard InChI is InChI=1S/C41H51N5O4/c1-27-36(16-21-45(3)39(27)49)42-34-24-33(25-44(2)26-34)29-6-10-32(11-7-29)40(50)46-22-19-41(20-23-46)17-14-30(15-18-41)28-4-8-31(9-5-28)35-12-13-37(47)43-38(35)48/h4-11,16,21,30,33-35,42H,12-15,17-20,22-26H2,1-3H3,(H,43,47,48)/t33-,34+,35?/m1/s1. The quantitative estimate of drug-likeness (QED) is 0.325. The molecule has 4 fully saturated rings. The minimum atomic E-state index is -0.235. The van der Waals surface area contributed by atoms with Crippen molar-refractivity contribution >= 4 is 23.4 Å². The van der Waals surface area contributed by atoms with Crippen LogP contribution in [0.25, 0.3) is 0 Å². The molecule has 0 radical (unpaired) electrons. The number of rotatable bonds is 6. The maximum atomic E-state index is 13.6. The fourth-order valence-electron chi connectivity index (χ4n) is 9.14. The van der Waals surface area contributed by atoms with Gasteiger partial charge in [0.05, 0.1) is 5.92 Å². The second-order valence-corrected chi connectivity index (χ2v) is 15.6. The van der Waals surface area contributed by atoms with Gasteiger partial charge in [0.2, 0.25) is 11.8 Å². The molecule has 3 saturated heterocycles. The first-order chi connectivity index (χ1) is 24.1. The van der Waals surface area contributed by atoms with Crippen molar-refractivity contribution in [2.45, 2.75) is 88.5 Å². The SMILES string of the molecule is Cc1c(N[C@H]2C[C@@H](c3ccc(C(=O)N4CCC5(CCC(c6ccc(C7CCC(=O)NC7=O)cc6)CC5)CC4)cc3)CN(C)C2)ccn(C)c1=O. The van der Waals surface area contributed by atoms with E-state index in [-0.39, 0.29) is 35.2 Å². The largest absolute Gasteiger partial charge is 0.381 e. The van der Waals surface area contributed by atoms with Crippen LogP contribution in [0.4, 0.5) is 5.69 Å². The summed E-state index contributed by atoms with van der Waals surface area (Å²) < 4.78 is 1.61. The number of likely N-dealkylation sites (N-methyl/N-ethyl adjacent to an activating group) is 1. The van der Waals surface area contributed by atoms with Gasteiger partial charge < -0.3 is 19.7 Å². The number of nitrogens with one attached hydrogen (secondary N) is 2. The van der Waals surface area contributed by atoms with Crippen LogP contribution in [-0.2, 0) is 16.6 Å². The molecular weight excluding hydrogens is 626 g/mol. The van der Waals surface area contributed by atoms with Gasteiger partial charge in [0, 0.05) is 68.7 Å². The molecule has 3 aliphatic heterocycles. The molecule has 264 valence electrons. The Bertz CT molecular complexity index is 1780. The third-order valence-electron chi connectivity index (χ3n) is 12.3. The van der Waals surface area contributed by atoms with Gasteiger partial charge in [-0.3, -0.25) is 24.5 Å². The Hall–Kier alpha value is -4.24. The molecule has 4 heterocycles. The maximum Gasteiger partial charge on any atom is 0.255 e. The summed E-state index contributed by atoms with van der Waals surface area (Å²) in [5.74, 6) is 0.417. The van der Waals surface area contributed by atoms with Gasteiger partial charge in [-0.15, -0.1) is 0 Å². The molecular formula is C41H51N5O4. The summed E-state index contributed by atoms with van der Waals surface area (Å²) >= 11 is 0. The molecule has 3 atom stereocenters. The predicted octanol–water partition coefficient (Wildman–Crippen LogP) is 5.69. The first kappa shape index (κ1) is 34.2. The van der Waals surface area contributed by atoms with Gasteiger partial charge in [-0.1, -0.05) is 36.4 Å². The van der Waals surface area contributed by atoms with Gasteiger partial charge in [-0.2, -0.15) is 0 Å². The Balaban J connectivity index is 0.901. The van der Waals surface area contributed by atoms with Crippen LogP contribution in [0.5, 0.6) is 0 Å². The topological polar surface area (TPSA) is 104 Å². The molecule has 1 unspecified atom stereocenters. The highest BCUT2D eigenvalue weighted by molar-refractivity contribution is 6.01. The summed E-state index contributed by atoms with van der Waals surface area (Å²) in [5, 5.41) is 6.11. The molecule has 1 spiro atoms. The van der Waals surface area contributed by atoms with E-state index in [1.165, 1.54) is 24.0 Å². The van der Waals surface area contributed by atoms with Crippen LogP contribution >= 0.6 is 0 Å². The van der Waals surface area contributed by atoms with Crippen molar-refractivity contribution in [2.24, 2.45) is 12.5 Å². The Labute approximate surface area is 295 Å². The van der Waals surface area contributed by atoms with Crippen LogP contribution in [0.15, 0.2) is 65.6 Å². The lowest BCUT2D eigenvalue weighted by Gasteiger charge is -2.46. The number of aromatic nitrogens is 1. The van der Waals surface area contributed by atoms with Gasteiger partial charge in [0.15, 0.2) is 0 Å². The second-order valence-electron chi connectivity index (χ2n) is 15.6. The molecule has 9 heteroatoms. The fraction of sp³-hybridized carbons (Fsp3) is 0.512. The third-order valence-corrected chi connectivity index (χ3v) is 12.3. The van der Waals surface area contributed by atoms with E-state index < -0.39 is 0 Å². The van der Waals surface area contributed by atoms with Gasteiger partial charge >= 0.3 is 0 Å². The lowest BCUT2D eigenvalue weighted by atomic mass is 9.64. The number of benzene rings is 2. The highest BCUT2D eigenvalue weighted by Gasteiger charge is 2.39. The monoisotopic (exact) mass is 677 g/mol. The number of carbonyl (C=O) groups is 3. The van der Waals surface area contributed by atoms with Crippen LogP contribution in [0.2, 0.25) is 0 Å². The Morgan fingerprint density at radius 1 is 0.800 bits per heavy atom. The maximum absolute atomic E-state index is 13.6. The second kappa shape index (κ2) is 14.2. The summed E-state index contributed by atoms with van der Waals surface area (Å²) in [6.07, 6.45) is 10.6. The molecule has 7 rings (SSSR count). The van der Waals surface area contributed by atoms with Crippen molar-refractivity contribution in [3.63, 3.8) is 0 Å². The van der Waals surface area contributed by atoms with Crippen LogP contribution in [0.3, 0.4) is 0 Å². The molecule has 9 nitrogen and oxygen atoms in total. The number of likely N-dealkylation sites (tertiary alicyclic amines) is 2. The number of imide groups is 1. The molecule has 1 aromatic heterocycles. The van der Waals surface area contributed by atoms with Crippen LogP contribution in [0, 0.1) is 12.3 Å². The Morgan fingerprint density at radius 3 is 2.12 bits per heavy atom. The smallest absolute Gasteiger partial charge is 0.255 e. The normalized spacial score (nSPS) is 24.6. The van der Waals surface area contributed by atoms with E-state index in [1.807, 2.05) is 31.3 Å². The van der Waals surface area contributed by atoms with Gasteiger partial charge in [-0.25, -0.2) is 0 Å². The third kappa shape index (κ3) is 7.15. The first-order valence-electron chi connectivity index (χ1n) is 18.5. The van der Waals surface area contributed by atoms with Crippen LogP contribution < -0.4 is 16.2 Å². The number of anilines is 1. The van der Waals surface area contributed by atoms with Crippen LogP contribution in [-0.4, -0.2) is 71.4 Å². The fourth-order valence-corrected chi connectivity index (χ4v) is 9.14. The average molecular weight is 678 g/mol. The van der Waals surface area contributed by atoms with E-state index in [0.29, 0.717) is 30.1 Å². The molecule has 3 amide bonds. The molecule has 2 aromatic carbocycles. The van der Waals surface area contributed by atoms with E-state index >= 15 is 0 Å². The molecule has 2 N–H and O–H groups in total.